The second-order valence-corrected chi connectivity index (χ2v) is 5.95. The van der Waals surface area contributed by atoms with Crippen molar-refractivity contribution in [1.29, 1.82) is 0 Å². The number of rotatable bonds is 6. The minimum atomic E-state index is -1.10. The normalized spacial score (nSPS) is 10.6. The Morgan fingerprint density at radius 1 is 1.39 bits per heavy atom. The van der Waals surface area contributed by atoms with Gasteiger partial charge in [-0.25, -0.2) is 14.8 Å². The number of ether oxygens (including phenoxy) is 1. The van der Waals surface area contributed by atoms with Gasteiger partial charge in [0.25, 0.3) is 0 Å². The van der Waals surface area contributed by atoms with Gasteiger partial charge in [-0.3, -0.25) is 0 Å². The van der Waals surface area contributed by atoms with Gasteiger partial charge in [0.1, 0.15) is 11.3 Å². The third-order valence-corrected chi connectivity index (χ3v) is 3.77. The second kappa shape index (κ2) is 7.41. The zero-order chi connectivity index (χ0) is 17.0. The molecule has 0 unspecified atom stereocenters. The van der Waals surface area contributed by atoms with Crippen LogP contribution in [0.3, 0.4) is 0 Å². The van der Waals surface area contributed by atoms with Gasteiger partial charge in [-0.2, -0.15) is 0 Å². The van der Waals surface area contributed by atoms with Crippen molar-refractivity contribution in [2.45, 2.75) is 26.7 Å². The number of nitrogens with two attached hydrogens (primary N) is 1. The van der Waals surface area contributed by atoms with Crippen molar-refractivity contribution in [2.75, 3.05) is 12.3 Å². The van der Waals surface area contributed by atoms with E-state index in [1.807, 2.05) is 6.07 Å². The van der Waals surface area contributed by atoms with Gasteiger partial charge in [0.2, 0.25) is 5.95 Å². The molecule has 0 aliphatic carbocycles. The highest BCUT2D eigenvalue weighted by Gasteiger charge is 2.21. The Morgan fingerprint density at radius 3 is 2.78 bits per heavy atom. The van der Waals surface area contributed by atoms with Crippen molar-refractivity contribution in [1.82, 2.24) is 9.97 Å². The number of carbonyl (C=O) groups is 1. The van der Waals surface area contributed by atoms with Crippen LogP contribution in [0.1, 0.15) is 35.8 Å². The zero-order valence-corrected chi connectivity index (χ0v) is 14.6. The van der Waals surface area contributed by atoms with Crippen LogP contribution in [0.5, 0.6) is 5.75 Å². The lowest BCUT2D eigenvalue weighted by Crippen LogP contribution is -2.10. The van der Waals surface area contributed by atoms with Gasteiger partial charge in [0.15, 0.2) is 0 Å². The van der Waals surface area contributed by atoms with E-state index in [0.29, 0.717) is 23.6 Å². The van der Waals surface area contributed by atoms with Gasteiger partial charge in [-0.1, -0.05) is 29.3 Å². The van der Waals surface area contributed by atoms with Crippen LogP contribution in [-0.2, 0) is 0 Å². The first-order valence-corrected chi connectivity index (χ1v) is 8.03. The van der Waals surface area contributed by atoms with Crippen LogP contribution >= 0.6 is 15.9 Å². The number of carboxylic acid groups (broad SMARTS) is 1. The summed E-state index contributed by atoms with van der Waals surface area (Å²) in [6.45, 7) is 4.22. The van der Waals surface area contributed by atoms with Crippen LogP contribution in [0.4, 0.5) is 5.95 Å². The smallest absolute Gasteiger partial charge is 0.339 e. The Kier molecular flexibility index (Phi) is 5.54. The number of halogens is 1. The molecule has 23 heavy (non-hydrogen) atoms. The number of hydrogen-bond acceptors (Lipinski definition) is 5. The minimum Gasteiger partial charge on any atom is -0.493 e. The van der Waals surface area contributed by atoms with Crippen LogP contribution in [-0.4, -0.2) is 27.7 Å². The molecule has 0 aliphatic heterocycles. The SMILES string of the molecule is CCCCOc1ccc(Br)cc1-c1nc(N)nc(C)c1C(=O)O. The number of hydrogen-bond donors (Lipinski definition) is 2. The molecule has 1 aromatic heterocycles. The maximum atomic E-state index is 11.6. The van der Waals surface area contributed by atoms with Gasteiger partial charge >= 0.3 is 5.97 Å². The summed E-state index contributed by atoms with van der Waals surface area (Å²) < 4.78 is 6.58. The van der Waals surface area contributed by atoms with E-state index in [4.69, 9.17) is 10.5 Å². The molecule has 0 bridgehead atoms. The van der Waals surface area contributed by atoms with Crippen molar-refractivity contribution in [2.24, 2.45) is 0 Å². The van der Waals surface area contributed by atoms with E-state index in [9.17, 15) is 9.90 Å². The van der Waals surface area contributed by atoms with Crippen LogP contribution < -0.4 is 10.5 Å². The fourth-order valence-corrected chi connectivity index (χ4v) is 2.55. The molecule has 0 atom stereocenters. The molecule has 0 saturated carbocycles. The molecule has 0 amide bonds. The monoisotopic (exact) mass is 379 g/mol. The lowest BCUT2D eigenvalue weighted by Gasteiger charge is -2.14. The van der Waals surface area contributed by atoms with Crippen LogP contribution in [0, 0.1) is 6.92 Å². The van der Waals surface area contributed by atoms with Crippen LogP contribution in [0.25, 0.3) is 11.3 Å². The number of nitrogen functional groups attached to an aromatic ring is 1. The van der Waals surface area contributed by atoms with E-state index >= 15 is 0 Å². The molecule has 0 aliphatic rings. The highest BCUT2D eigenvalue weighted by molar-refractivity contribution is 9.10. The molecule has 0 saturated heterocycles. The summed E-state index contributed by atoms with van der Waals surface area (Å²) in [5, 5.41) is 9.50. The van der Waals surface area contributed by atoms with Crippen molar-refractivity contribution >= 4 is 27.8 Å². The van der Waals surface area contributed by atoms with E-state index in [1.54, 1.807) is 19.1 Å². The fourth-order valence-electron chi connectivity index (χ4n) is 2.19. The Morgan fingerprint density at radius 2 is 2.13 bits per heavy atom. The molecule has 6 nitrogen and oxygen atoms in total. The Balaban J connectivity index is 2.61. The fraction of sp³-hybridized carbons (Fsp3) is 0.312. The number of aromatic nitrogens is 2. The first-order chi connectivity index (χ1) is 10.9. The minimum absolute atomic E-state index is 0.0256. The van der Waals surface area contributed by atoms with Gasteiger partial charge in [-0.05, 0) is 31.5 Å². The maximum absolute atomic E-state index is 11.6. The highest BCUT2D eigenvalue weighted by atomic mass is 79.9. The predicted octanol–water partition coefficient (Wildman–Crippen LogP) is 3.67. The molecule has 7 heteroatoms. The number of benzene rings is 1. The Hall–Kier alpha value is -2.15. The van der Waals surface area contributed by atoms with Crippen LogP contribution in [0.2, 0.25) is 0 Å². The Labute approximate surface area is 142 Å². The standard InChI is InChI=1S/C16H18BrN3O3/c1-3-4-7-23-12-6-5-10(17)8-11(12)14-13(15(21)22)9(2)19-16(18)20-14/h5-6,8H,3-4,7H2,1-2H3,(H,21,22)(H2,18,19,20). The topological polar surface area (TPSA) is 98.3 Å². The largest absolute Gasteiger partial charge is 0.493 e. The van der Waals surface area contributed by atoms with Crippen molar-refractivity contribution in [3.8, 4) is 17.0 Å². The number of aromatic carboxylic acids is 1. The van der Waals surface area contributed by atoms with Crippen LogP contribution in [0.15, 0.2) is 22.7 Å². The molecule has 0 fully saturated rings. The number of carboxylic acids is 1. The van der Waals surface area contributed by atoms with E-state index in [-0.39, 0.29) is 17.2 Å². The summed E-state index contributed by atoms with van der Waals surface area (Å²) in [7, 11) is 0. The molecule has 2 rings (SSSR count). The average Bonchev–Trinajstić information content (AvgIpc) is 2.47. The van der Waals surface area contributed by atoms with E-state index in [2.05, 4.69) is 32.8 Å². The third kappa shape index (κ3) is 3.98. The molecule has 2 aromatic rings. The summed E-state index contributed by atoms with van der Waals surface area (Å²) in [5.41, 5.74) is 6.89. The van der Waals surface area contributed by atoms with Crippen molar-refractivity contribution < 1.29 is 14.6 Å². The average molecular weight is 380 g/mol. The van der Waals surface area contributed by atoms with E-state index in [1.165, 1.54) is 0 Å². The highest BCUT2D eigenvalue weighted by Crippen LogP contribution is 2.35. The van der Waals surface area contributed by atoms with Gasteiger partial charge in [0, 0.05) is 10.0 Å². The zero-order valence-electron chi connectivity index (χ0n) is 13.0. The lowest BCUT2D eigenvalue weighted by molar-refractivity contribution is 0.0696. The molecule has 0 spiro atoms. The summed E-state index contributed by atoms with van der Waals surface area (Å²) in [5.74, 6) is -0.499. The lowest BCUT2D eigenvalue weighted by atomic mass is 10.0. The second-order valence-electron chi connectivity index (χ2n) is 5.04. The maximum Gasteiger partial charge on any atom is 0.339 e. The molecular formula is C16H18BrN3O3. The summed E-state index contributed by atoms with van der Waals surface area (Å²) in [6.07, 6.45) is 1.91. The van der Waals surface area contributed by atoms with E-state index < -0.39 is 5.97 Å². The number of anilines is 1. The van der Waals surface area contributed by atoms with Crippen molar-refractivity contribution in [3.63, 3.8) is 0 Å². The summed E-state index contributed by atoms with van der Waals surface area (Å²) in [4.78, 5) is 19.7. The summed E-state index contributed by atoms with van der Waals surface area (Å²) >= 11 is 3.40. The molecule has 1 aromatic carbocycles. The molecule has 0 radical (unpaired) electrons. The molecule has 122 valence electrons. The Bertz CT molecular complexity index is 735. The quantitative estimate of drug-likeness (QED) is 0.742. The molecule has 1 heterocycles. The molecular weight excluding hydrogens is 362 g/mol. The first-order valence-electron chi connectivity index (χ1n) is 7.24. The number of unbranched alkanes of at least 4 members (excludes halogenated alkanes) is 1. The van der Waals surface area contributed by atoms with Gasteiger partial charge < -0.3 is 15.6 Å². The molecule has 3 N–H and O–H groups in total. The summed E-state index contributed by atoms with van der Waals surface area (Å²) in [6, 6.07) is 5.39. The number of nitrogens with zero attached hydrogens (tertiary/aromatic N) is 2. The van der Waals surface area contributed by atoms with Gasteiger partial charge in [-0.15, -0.1) is 0 Å². The third-order valence-electron chi connectivity index (χ3n) is 3.27. The first kappa shape index (κ1) is 17.2. The predicted molar refractivity (Wildman–Crippen MR) is 91.7 cm³/mol. The number of aryl methyl sites for hydroxylation is 1. The van der Waals surface area contributed by atoms with E-state index in [0.717, 1.165) is 17.3 Å². The van der Waals surface area contributed by atoms with Gasteiger partial charge in [0.05, 0.1) is 18.0 Å². The van der Waals surface area contributed by atoms with Crippen molar-refractivity contribution in [3.05, 3.63) is 33.9 Å².